The van der Waals surface area contributed by atoms with Crippen molar-refractivity contribution in [2.45, 2.75) is 26.7 Å². The Morgan fingerprint density at radius 3 is 2.46 bits per heavy atom. The summed E-state index contributed by atoms with van der Waals surface area (Å²) in [6, 6.07) is 7.43. The van der Waals surface area contributed by atoms with Crippen molar-refractivity contribution in [3.63, 3.8) is 0 Å². The van der Waals surface area contributed by atoms with Crippen molar-refractivity contribution < 1.29 is 23.9 Å². The highest BCUT2D eigenvalue weighted by Gasteiger charge is 2.03. The summed E-state index contributed by atoms with van der Waals surface area (Å²) in [6.07, 6.45) is 6.25. The Bertz CT molecular complexity index is 725. The Hall–Kier alpha value is -3.09. The van der Waals surface area contributed by atoms with Crippen LogP contribution in [0.4, 0.5) is 0 Å². The van der Waals surface area contributed by atoms with Crippen LogP contribution >= 0.6 is 0 Å². The van der Waals surface area contributed by atoms with E-state index in [0.29, 0.717) is 18.7 Å². The number of rotatable bonds is 11. The molecule has 0 fully saturated rings. The number of nitrogens with one attached hydrogen (secondary N) is 2. The van der Waals surface area contributed by atoms with Gasteiger partial charge in [-0.1, -0.05) is 12.1 Å². The zero-order valence-electron chi connectivity index (χ0n) is 16.6. The van der Waals surface area contributed by atoms with Crippen molar-refractivity contribution in [3.05, 3.63) is 47.6 Å². The Morgan fingerprint density at radius 2 is 1.79 bits per heavy atom. The van der Waals surface area contributed by atoms with Gasteiger partial charge in [-0.05, 0) is 49.6 Å². The molecule has 0 aliphatic carbocycles. The van der Waals surface area contributed by atoms with Crippen LogP contribution in [0.2, 0.25) is 0 Å². The summed E-state index contributed by atoms with van der Waals surface area (Å²) in [4.78, 5) is 34.3. The lowest BCUT2D eigenvalue weighted by Crippen LogP contribution is -2.27. The second-order valence-corrected chi connectivity index (χ2v) is 6.05. The number of hydrogen-bond donors (Lipinski definition) is 2. The maximum absolute atomic E-state index is 11.8. The van der Waals surface area contributed by atoms with Crippen LogP contribution in [0, 0.1) is 0 Å². The summed E-state index contributed by atoms with van der Waals surface area (Å²) in [5.74, 6) is -0.0144. The van der Waals surface area contributed by atoms with E-state index in [0.717, 1.165) is 24.2 Å². The van der Waals surface area contributed by atoms with Crippen LogP contribution in [0.5, 0.6) is 5.75 Å². The minimum absolute atomic E-state index is 0.0872. The summed E-state index contributed by atoms with van der Waals surface area (Å²) < 4.78 is 9.89. The molecule has 0 heterocycles. The topological polar surface area (TPSA) is 93.7 Å². The van der Waals surface area contributed by atoms with Gasteiger partial charge in [-0.15, -0.1) is 0 Å². The van der Waals surface area contributed by atoms with E-state index in [1.165, 1.54) is 13.0 Å². The summed E-state index contributed by atoms with van der Waals surface area (Å²) in [5.41, 5.74) is 1.38. The van der Waals surface area contributed by atoms with Gasteiger partial charge < -0.3 is 20.1 Å². The predicted octanol–water partition coefficient (Wildman–Crippen LogP) is 2.23. The smallest absolute Gasteiger partial charge is 0.302 e. The number of amides is 2. The van der Waals surface area contributed by atoms with Gasteiger partial charge in [0.15, 0.2) is 0 Å². The zero-order chi connectivity index (χ0) is 20.8. The molecule has 0 aliphatic heterocycles. The highest BCUT2D eigenvalue weighted by Crippen LogP contribution is 2.13. The minimum atomic E-state index is -0.384. The van der Waals surface area contributed by atoms with Crippen molar-refractivity contribution in [1.29, 1.82) is 0 Å². The number of ether oxygens (including phenoxy) is 2. The van der Waals surface area contributed by atoms with Gasteiger partial charge in [0, 0.05) is 31.7 Å². The summed E-state index contributed by atoms with van der Waals surface area (Å²) in [5, 5.41) is 5.58. The maximum atomic E-state index is 11.8. The molecule has 0 saturated carbocycles. The number of esters is 1. The van der Waals surface area contributed by atoms with Gasteiger partial charge in [0.05, 0.1) is 7.11 Å². The van der Waals surface area contributed by atoms with Crippen molar-refractivity contribution in [2.24, 2.45) is 0 Å². The molecule has 1 aromatic carbocycles. The fraction of sp³-hybridized carbons (Fsp3) is 0.381. The van der Waals surface area contributed by atoms with E-state index in [1.54, 1.807) is 26.2 Å². The number of unbranched alkanes of at least 4 members (excludes halogenated alkanes) is 1. The van der Waals surface area contributed by atoms with Crippen LogP contribution in [0.25, 0.3) is 6.08 Å². The maximum Gasteiger partial charge on any atom is 0.302 e. The molecule has 7 nitrogen and oxygen atoms in total. The van der Waals surface area contributed by atoms with Crippen molar-refractivity contribution in [3.8, 4) is 5.75 Å². The second-order valence-electron chi connectivity index (χ2n) is 6.05. The Kier molecular flexibility index (Phi) is 10.8. The van der Waals surface area contributed by atoms with Gasteiger partial charge in [0.25, 0.3) is 0 Å². The average Bonchev–Trinajstić information content (AvgIpc) is 2.68. The largest absolute Gasteiger partial charge is 0.497 e. The van der Waals surface area contributed by atoms with Gasteiger partial charge in [-0.2, -0.15) is 0 Å². The molecule has 152 valence electrons. The lowest BCUT2D eigenvalue weighted by atomic mass is 10.2. The van der Waals surface area contributed by atoms with Crippen LogP contribution in [0.3, 0.4) is 0 Å². The molecule has 28 heavy (non-hydrogen) atoms. The second kappa shape index (κ2) is 13.1. The third kappa shape index (κ3) is 10.2. The summed E-state index contributed by atoms with van der Waals surface area (Å²) in [6.45, 7) is 4.10. The minimum Gasteiger partial charge on any atom is -0.497 e. The number of carbonyl (C=O) groups is 3. The summed E-state index contributed by atoms with van der Waals surface area (Å²) >= 11 is 0. The Labute approximate surface area is 165 Å². The lowest BCUT2D eigenvalue weighted by Gasteiger charge is -2.06. The van der Waals surface area contributed by atoms with E-state index >= 15 is 0 Å². The first-order chi connectivity index (χ1) is 13.4. The molecule has 0 atom stereocenters. The molecule has 0 aliphatic rings. The highest BCUT2D eigenvalue weighted by molar-refractivity contribution is 5.92. The van der Waals surface area contributed by atoms with E-state index in [2.05, 4.69) is 10.6 Å². The average molecular weight is 388 g/mol. The molecule has 1 aromatic rings. The molecule has 0 unspecified atom stereocenters. The number of benzene rings is 1. The lowest BCUT2D eigenvalue weighted by molar-refractivity contribution is -0.139. The Morgan fingerprint density at radius 1 is 1.07 bits per heavy atom. The first kappa shape index (κ1) is 23.0. The molecule has 0 spiro atoms. The number of hydrogen-bond acceptors (Lipinski definition) is 5. The first-order valence-electron chi connectivity index (χ1n) is 9.10. The summed E-state index contributed by atoms with van der Waals surface area (Å²) in [7, 11) is 1.60. The van der Waals surface area contributed by atoms with E-state index < -0.39 is 0 Å². The SMILES string of the molecule is COc1cccc(/C=C/C(=O)NCCCCNC(=O)/C(C)=C/COC(C)=O)c1. The molecule has 0 radical (unpaired) electrons. The van der Waals surface area contributed by atoms with Gasteiger partial charge in [0.2, 0.25) is 11.8 Å². The molecule has 0 bridgehead atoms. The zero-order valence-corrected chi connectivity index (χ0v) is 16.6. The molecule has 2 amide bonds. The van der Waals surface area contributed by atoms with Crippen LogP contribution in [0.15, 0.2) is 42.0 Å². The molecule has 0 saturated heterocycles. The normalized spacial score (nSPS) is 11.2. The van der Waals surface area contributed by atoms with E-state index in [-0.39, 0.29) is 24.4 Å². The van der Waals surface area contributed by atoms with Crippen molar-refractivity contribution >= 4 is 23.9 Å². The number of methoxy groups -OCH3 is 1. The van der Waals surface area contributed by atoms with Gasteiger partial charge in [-0.3, -0.25) is 14.4 Å². The van der Waals surface area contributed by atoms with E-state index in [1.807, 2.05) is 24.3 Å². The van der Waals surface area contributed by atoms with Crippen LogP contribution in [-0.2, 0) is 19.1 Å². The van der Waals surface area contributed by atoms with Crippen LogP contribution < -0.4 is 15.4 Å². The standard InChI is InChI=1S/C21H28N2O5/c1-16(11-14-28-17(2)24)21(26)23-13-5-4-12-22-20(25)10-9-18-7-6-8-19(15-18)27-3/h6-11,15H,4-5,12-14H2,1-3H3,(H,22,25)(H,23,26)/b10-9+,16-11+. The molecule has 1 rings (SSSR count). The van der Waals surface area contributed by atoms with E-state index in [9.17, 15) is 14.4 Å². The molecule has 0 aromatic heterocycles. The quantitative estimate of drug-likeness (QED) is 0.344. The van der Waals surface area contributed by atoms with Gasteiger partial charge in [-0.25, -0.2) is 0 Å². The first-order valence-corrected chi connectivity index (χ1v) is 9.10. The fourth-order valence-corrected chi connectivity index (χ4v) is 2.16. The molecule has 7 heteroatoms. The fourth-order valence-electron chi connectivity index (χ4n) is 2.16. The van der Waals surface area contributed by atoms with Crippen LogP contribution in [-0.4, -0.2) is 44.6 Å². The van der Waals surface area contributed by atoms with E-state index in [4.69, 9.17) is 9.47 Å². The Balaban J connectivity index is 2.17. The molecular weight excluding hydrogens is 360 g/mol. The monoisotopic (exact) mass is 388 g/mol. The molecule has 2 N–H and O–H groups in total. The predicted molar refractivity (Wildman–Crippen MR) is 108 cm³/mol. The van der Waals surface area contributed by atoms with Crippen LogP contribution in [0.1, 0.15) is 32.3 Å². The van der Waals surface area contributed by atoms with Gasteiger partial charge >= 0.3 is 5.97 Å². The van der Waals surface area contributed by atoms with Crippen molar-refractivity contribution in [1.82, 2.24) is 10.6 Å². The third-order valence-electron chi connectivity index (χ3n) is 3.74. The number of carbonyl (C=O) groups excluding carboxylic acids is 3. The van der Waals surface area contributed by atoms with Gasteiger partial charge in [0.1, 0.15) is 12.4 Å². The van der Waals surface area contributed by atoms with Crippen molar-refractivity contribution in [2.75, 3.05) is 26.8 Å². The molecular formula is C21H28N2O5. The highest BCUT2D eigenvalue weighted by atomic mass is 16.5. The third-order valence-corrected chi connectivity index (χ3v) is 3.74.